The van der Waals surface area contributed by atoms with Crippen LogP contribution >= 0.6 is 0 Å². The van der Waals surface area contributed by atoms with Crippen molar-refractivity contribution in [3.63, 3.8) is 0 Å². The van der Waals surface area contributed by atoms with E-state index in [1.54, 1.807) is 33.3 Å². The van der Waals surface area contributed by atoms with Crippen LogP contribution in [0.25, 0.3) is 16.7 Å². The molecule has 4 aliphatic heterocycles. The predicted molar refractivity (Wildman–Crippen MR) is 221 cm³/mol. The molecule has 4 aromatic heterocycles. The Labute approximate surface area is 350 Å². The monoisotopic (exact) mass is 839 g/mol. The van der Waals surface area contributed by atoms with E-state index in [-0.39, 0.29) is 47.5 Å². The number of hydrogen-bond acceptors (Lipinski definition) is 10. The Kier molecular flexibility index (Phi) is 10.5. The minimum Gasteiger partial charge on any atom is -0.374 e. The summed E-state index contributed by atoms with van der Waals surface area (Å²) >= 11 is 0. The molecule has 3 amide bonds. The van der Waals surface area contributed by atoms with Gasteiger partial charge in [0.05, 0.1) is 47.7 Å². The van der Waals surface area contributed by atoms with Gasteiger partial charge in [-0.15, -0.1) is 0 Å². The van der Waals surface area contributed by atoms with E-state index in [9.17, 15) is 28.0 Å². The standard InChI is InChI=1S/C43H51F2N11O5/c1-51-38-27(3-2-4-33(38)56(43(51)60)34-11-12-36(57)49-42(34)59)8-5-25-13-16-52(17-14-25)21-26-6-9-28(10-7-26)55-23-32(37(50-55)39(44)45)47-41(58)31-20-46-54-18-15-35(48-40(31)54)53-22-30-19-29(53)24-61-30/h2-4,15,18,20,23,25-26,28-30,34,39H,5-14,16-17,19,21-22,24H2,1H3,(H,47,58)(H,49,57,59)/t26-,28-,29-,30-,34?/m1/s1. The van der Waals surface area contributed by atoms with E-state index < -0.39 is 30.0 Å². The van der Waals surface area contributed by atoms with Crippen LogP contribution in [0.2, 0.25) is 0 Å². The van der Waals surface area contributed by atoms with Crippen LogP contribution in [0.3, 0.4) is 0 Å². The van der Waals surface area contributed by atoms with Gasteiger partial charge in [0.15, 0.2) is 11.3 Å². The maximum absolute atomic E-state index is 14.3. The molecule has 0 spiro atoms. The fourth-order valence-electron chi connectivity index (χ4n) is 10.6. The molecule has 5 aromatic rings. The van der Waals surface area contributed by atoms with Crippen molar-refractivity contribution < 1.29 is 27.9 Å². The molecule has 2 N–H and O–H groups in total. The number of carbonyl (C=O) groups excluding carboxylic acids is 3. The van der Waals surface area contributed by atoms with Crippen LogP contribution in [0.4, 0.5) is 20.3 Å². The number of imide groups is 1. The molecule has 16 nitrogen and oxygen atoms in total. The van der Waals surface area contributed by atoms with Gasteiger partial charge in [-0.05, 0) is 107 Å². The number of imidazole rings is 1. The summed E-state index contributed by atoms with van der Waals surface area (Å²) in [6, 6.07) is 7.28. The second-order valence-electron chi connectivity index (χ2n) is 17.7. The zero-order valence-corrected chi connectivity index (χ0v) is 34.2. The second-order valence-corrected chi connectivity index (χ2v) is 17.7. The Morgan fingerprint density at radius 1 is 1.02 bits per heavy atom. The van der Waals surface area contributed by atoms with Gasteiger partial charge in [0.2, 0.25) is 11.8 Å². The van der Waals surface area contributed by atoms with Crippen LogP contribution in [-0.4, -0.2) is 101 Å². The van der Waals surface area contributed by atoms with Gasteiger partial charge >= 0.3 is 5.69 Å². The lowest BCUT2D eigenvalue weighted by molar-refractivity contribution is -0.135. The molecule has 2 bridgehead atoms. The van der Waals surface area contributed by atoms with Crippen molar-refractivity contribution in [2.45, 2.75) is 101 Å². The first-order valence-electron chi connectivity index (χ1n) is 21.7. The second kappa shape index (κ2) is 16.1. The normalized spacial score (nSPS) is 25.0. The van der Waals surface area contributed by atoms with Crippen molar-refractivity contribution in [3.05, 3.63) is 70.2 Å². The van der Waals surface area contributed by atoms with E-state index in [4.69, 9.17) is 9.72 Å². The molecule has 1 aromatic carbocycles. The highest BCUT2D eigenvalue weighted by molar-refractivity contribution is 6.08. The number of piperidine rings is 2. The van der Waals surface area contributed by atoms with Crippen molar-refractivity contribution in [2.24, 2.45) is 18.9 Å². The molecule has 1 saturated carbocycles. The van der Waals surface area contributed by atoms with E-state index in [0.29, 0.717) is 30.5 Å². The molecule has 10 rings (SSSR count). The molecule has 322 valence electrons. The molecular formula is C43H51F2N11O5. The van der Waals surface area contributed by atoms with E-state index in [1.807, 2.05) is 18.2 Å². The third kappa shape index (κ3) is 7.51. The molecular weight excluding hydrogens is 789 g/mol. The summed E-state index contributed by atoms with van der Waals surface area (Å²) in [7, 11) is 1.75. The van der Waals surface area contributed by atoms with Crippen LogP contribution in [0.5, 0.6) is 0 Å². The SMILES string of the molecule is Cn1c(=O)n(C2CCC(=O)NC2=O)c2cccc(CCC3CCN(C[C@H]4CC[C@H](n5cc(NC(=O)c6cnn7ccc(N8C[C@H]9C[C@@H]8CO9)nc67)c(C(F)F)n5)CC4)CC3)c21. The zero-order valence-electron chi connectivity index (χ0n) is 34.2. The number of likely N-dealkylation sites (tertiary alicyclic amines) is 1. The van der Waals surface area contributed by atoms with Crippen LogP contribution < -0.4 is 21.2 Å². The Morgan fingerprint density at radius 3 is 2.57 bits per heavy atom. The molecule has 1 unspecified atom stereocenters. The van der Waals surface area contributed by atoms with Crippen molar-refractivity contribution >= 4 is 45.9 Å². The molecule has 1 aliphatic carbocycles. The molecule has 61 heavy (non-hydrogen) atoms. The number of rotatable bonds is 11. The van der Waals surface area contributed by atoms with Gasteiger partial charge in [0.1, 0.15) is 17.4 Å². The zero-order chi connectivity index (χ0) is 41.9. The van der Waals surface area contributed by atoms with Crippen molar-refractivity contribution in [2.75, 3.05) is 43.0 Å². The molecule has 5 fully saturated rings. The number of alkyl halides is 2. The number of halogens is 2. The summed E-state index contributed by atoms with van der Waals surface area (Å²) in [6.07, 6.45) is 11.1. The quantitative estimate of drug-likeness (QED) is 0.177. The average molecular weight is 840 g/mol. The third-order valence-electron chi connectivity index (χ3n) is 14.0. The maximum atomic E-state index is 14.3. The number of benzene rings is 1. The van der Waals surface area contributed by atoms with Gasteiger partial charge in [-0.3, -0.25) is 33.5 Å². The lowest BCUT2D eigenvalue weighted by Gasteiger charge is -2.36. The lowest BCUT2D eigenvalue weighted by Crippen LogP contribution is -2.44. The summed E-state index contributed by atoms with van der Waals surface area (Å²) in [5.41, 5.74) is 2.53. The molecule has 0 radical (unpaired) electrons. The minimum absolute atomic E-state index is 0.000794. The Hall–Kier alpha value is -5.49. The summed E-state index contributed by atoms with van der Waals surface area (Å²) in [5, 5.41) is 13.7. The highest BCUT2D eigenvalue weighted by Crippen LogP contribution is 2.37. The number of ether oxygens (including phenoxy) is 1. The van der Waals surface area contributed by atoms with E-state index >= 15 is 0 Å². The van der Waals surface area contributed by atoms with E-state index in [1.165, 1.54) is 10.7 Å². The van der Waals surface area contributed by atoms with Gasteiger partial charge in [-0.1, -0.05) is 12.1 Å². The van der Waals surface area contributed by atoms with Gasteiger partial charge < -0.3 is 19.9 Å². The fourth-order valence-corrected chi connectivity index (χ4v) is 10.6. The summed E-state index contributed by atoms with van der Waals surface area (Å²) in [5.74, 6) is 0.518. The Balaban J connectivity index is 0.718. The Morgan fingerprint density at radius 2 is 1.84 bits per heavy atom. The number of nitrogens with zero attached hydrogens (tertiary/aromatic N) is 9. The largest absolute Gasteiger partial charge is 0.374 e. The Bertz CT molecular complexity index is 2550. The first-order chi connectivity index (χ1) is 29.6. The van der Waals surface area contributed by atoms with Crippen molar-refractivity contribution in [1.29, 1.82) is 0 Å². The highest BCUT2D eigenvalue weighted by atomic mass is 19.3. The van der Waals surface area contributed by atoms with Gasteiger partial charge in [-0.25, -0.2) is 23.1 Å². The van der Waals surface area contributed by atoms with Gasteiger partial charge in [-0.2, -0.15) is 10.2 Å². The van der Waals surface area contributed by atoms with Crippen molar-refractivity contribution in [3.8, 4) is 0 Å². The number of nitrogens with one attached hydrogen (secondary N) is 2. The number of anilines is 2. The number of aromatic nitrogens is 7. The lowest BCUT2D eigenvalue weighted by atomic mass is 9.84. The number of hydrogen-bond donors (Lipinski definition) is 2. The van der Waals surface area contributed by atoms with Crippen LogP contribution in [0.15, 0.2) is 47.7 Å². The highest BCUT2D eigenvalue weighted by Gasteiger charge is 2.40. The van der Waals surface area contributed by atoms with E-state index in [2.05, 4.69) is 36.7 Å². The summed E-state index contributed by atoms with van der Waals surface area (Å²) in [4.78, 5) is 60.8. The molecule has 18 heteroatoms. The summed E-state index contributed by atoms with van der Waals surface area (Å²) in [6.45, 7) is 4.45. The van der Waals surface area contributed by atoms with Crippen LogP contribution in [0.1, 0.15) is 104 Å². The number of morpholine rings is 1. The molecule has 8 heterocycles. The predicted octanol–water partition coefficient (Wildman–Crippen LogP) is 4.80. The number of carbonyl (C=O) groups is 3. The molecule has 5 aliphatic rings. The first-order valence-corrected chi connectivity index (χ1v) is 21.7. The van der Waals surface area contributed by atoms with Crippen molar-refractivity contribution in [1.82, 2.24) is 43.7 Å². The smallest absolute Gasteiger partial charge is 0.329 e. The number of amides is 3. The molecule has 4 saturated heterocycles. The topological polar surface area (TPSA) is 166 Å². The maximum Gasteiger partial charge on any atom is 0.329 e. The summed E-state index contributed by atoms with van der Waals surface area (Å²) < 4.78 is 40.7. The van der Waals surface area contributed by atoms with Crippen LogP contribution in [-0.2, 0) is 27.8 Å². The number of aryl methyl sites for hydroxylation is 2. The minimum atomic E-state index is -2.85. The first kappa shape index (κ1) is 39.6. The van der Waals surface area contributed by atoms with E-state index in [0.717, 1.165) is 106 Å². The van der Waals surface area contributed by atoms with Gasteiger partial charge in [0.25, 0.3) is 12.3 Å². The number of fused-ring (bicyclic) bond motifs is 4. The molecule has 3 atom stereocenters. The fraction of sp³-hybridized carbons (Fsp3) is 0.558. The third-order valence-corrected chi connectivity index (χ3v) is 14.0. The average Bonchev–Trinajstić information content (AvgIpc) is 4.11. The van der Waals surface area contributed by atoms with Crippen LogP contribution in [0, 0.1) is 11.8 Å². The number of para-hydroxylation sites is 1. The van der Waals surface area contributed by atoms with Gasteiger partial charge in [0, 0.05) is 39.0 Å².